The lowest BCUT2D eigenvalue weighted by Crippen LogP contribution is -2.49. The van der Waals surface area contributed by atoms with Crippen LogP contribution < -0.4 is 10.2 Å². The van der Waals surface area contributed by atoms with Gasteiger partial charge in [-0.15, -0.1) is 0 Å². The van der Waals surface area contributed by atoms with Gasteiger partial charge in [-0.25, -0.2) is 0 Å². The maximum Gasteiger partial charge on any atom is 0.0470 e. The molecule has 18 heavy (non-hydrogen) atoms. The molecule has 1 aromatic carbocycles. The third-order valence-corrected chi connectivity index (χ3v) is 4.62. The molecule has 100 valence electrons. The van der Waals surface area contributed by atoms with E-state index in [0.717, 1.165) is 19.6 Å². The molecule has 2 nitrogen and oxygen atoms in total. The smallest absolute Gasteiger partial charge is 0.0470 e. The quantitative estimate of drug-likeness (QED) is 0.853. The summed E-state index contributed by atoms with van der Waals surface area (Å²) in [5.41, 5.74) is 2.79. The maximum absolute atomic E-state index is 3.58. The van der Waals surface area contributed by atoms with E-state index in [0.29, 0.717) is 5.92 Å². The minimum Gasteiger partial charge on any atom is -0.365 e. The molecule has 2 rings (SSSR count). The molecule has 0 aromatic heterocycles. The van der Waals surface area contributed by atoms with Crippen molar-refractivity contribution in [2.75, 3.05) is 24.5 Å². The van der Waals surface area contributed by atoms with E-state index in [-0.39, 0.29) is 5.54 Å². The van der Waals surface area contributed by atoms with Crippen LogP contribution in [-0.4, -0.2) is 25.2 Å². The van der Waals surface area contributed by atoms with Crippen molar-refractivity contribution in [2.45, 2.75) is 33.2 Å². The van der Waals surface area contributed by atoms with E-state index >= 15 is 0 Å². The molecule has 1 atom stereocenters. The Hall–Kier alpha value is -0.540. The van der Waals surface area contributed by atoms with Gasteiger partial charge < -0.3 is 10.2 Å². The van der Waals surface area contributed by atoms with Gasteiger partial charge in [-0.1, -0.05) is 22.9 Å². The van der Waals surface area contributed by atoms with Gasteiger partial charge >= 0.3 is 0 Å². The Bertz CT molecular complexity index is 429. The van der Waals surface area contributed by atoms with Crippen LogP contribution in [0.3, 0.4) is 0 Å². The van der Waals surface area contributed by atoms with Gasteiger partial charge in [-0.05, 0) is 57.0 Å². The van der Waals surface area contributed by atoms with Crippen LogP contribution in [-0.2, 0) is 0 Å². The van der Waals surface area contributed by atoms with E-state index < -0.39 is 0 Å². The minimum absolute atomic E-state index is 0.158. The Labute approximate surface area is 119 Å². The number of halogens is 1. The van der Waals surface area contributed by atoms with Crippen molar-refractivity contribution in [2.24, 2.45) is 5.92 Å². The Morgan fingerprint density at radius 3 is 2.78 bits per heavy atom. The van der Waals surface area contributed by atoms with Crippen LogP contribution in [0.4, 0.5) is 5.69 Å². The SMILES string of the molecule is Cc1cc(N2CC(C)CNCC2(C)C)ccc1Br. The van der Waals surface area contributed by atoms with E-state index in [1.807, 2.05) is 0 Å². The predicted octanol–water partition coefficient (Wildman–Crippen LogP) is 3.58. The van der Waals surface area contributed by atoms with Gasteiger partial charge in [-0.3, -0.25) is 0 Å². The first kappa shape index (κ1) is 13.9. The maximum atomic E-state index is 3.58. The Morgan fingerprint density at radius 2 is 2.11 bits per heavy atom. The second-order valence-electron chi connectivity index (χ2n) is 6.09. The number of benzene rings is 1. The van der Waals surface area contributed by atoms with Gasteiger partial charge in [0.25, 0.3) is 0 Å². The third kappa shape index (κ3) is 2.89. The van der Waals surface area contributed by atoms with E-state index in [1.165, 1.54) is 15.7 Å². The van der Waals surface area contributed by atoms with E-state index in [2.05, 4.69) is 72.0 Å². The summed E-state index contributed by atoms with van der Waals surface area (Å²) in [4.78, 5) is 2.54. The summed E-state index contributed by atoms with van der Waals surface area (Å²) in [6, 6.07) is 6.66. The summed E-state index contributed by atoms with van der Waals surface area (Å²) in [6.45, 7) is 12.3. The lowest BCUT2D eigenvalue weighted by molar-refractivity contribution is 0.460. The second-order valence-corrected chi connectivity index (χ2v) is 6.95. The average Bonchev–Trinajstić information content (AvgIpc) is 2.41. The van der Waals surface area contributed by atoms with Crippen LogP contribution in [0.1, 0.15) is 26.3 Å². The fourth-order valence-corrected chi connectivity index (χ4v) is 2.84. The number of nitrogens with one attached hydrogen (secondary N) is 1. The average molecular weight is 311 g/mol. The summed E-state index contributed by atoms with van der Waals surface area (Å²) in [6.07, 6.45) is 0. The monoisotopic (exact) mass is 310 g/mol. The van der Waals surface area contributed by atoms with Crippen molar-refractivity contribution in [1.29, 1.82) is 0 Å². The molecule has 0 radical (unpaired) electrons. The summed E-state index contributed by atoms with van der Waals surface area (Å²) in [7, 11) is 0. The van der Waals surface area contributed by atoms with Crippen LogP contribution in [0.2, 0.25) is 0 Å². The highest BCUT2D eigenvalue weighted by Gasteiger charge is 2.30. The van der Waals surface area contributed by atoms with Crippen LogP contribution >= 0.6 is 15.9 Å². The van der Waals surface area contributed by atoms with Crippen molar-refractivity contribution in [3.63, 3.8) is 0 Å². The number of hydrogen-bond acceptors (Lipinski definition) is 2. The molecule has 1 aliphatic rings. The van der Waals surface area contributed by atoms with Crippen molar-refractivity contribution >= 4 is 21.6 Å². The standard InChI is InChI=1S/C15H23BrN2/c1-11-8-17-10-15(3,4)18(9-11)13-5-6-14(16)12(2)7-13/h5-7,11,17H,8-10H2,1-4H3. The Balaban J connectivity index is 2.35. The zero-order valence-electron chi connectivity index (χ0n) is 11.8. The van der Waals surface area contributed by atoms with Gasteiger partial charge in [0.2, 0.25) is 0 Å². The van der Waals surface area contributed by atoms with Crippen LogP contribution in [0.15, 0.2) is 22.7 Å². The predicted molar refractivity (Wildman–Crippen MR) is 82.3 cm³/mol. The fraction of sp³-hybridized carbons (Fsp3) is 0.600. The highest BCUT2D eigenvalue weighted by Crippen LogP contribution is 2.29. The molecular weight excluding hydrogens is 288 g/mol. The molecule has 1 fully saturated rings. The first-order chi connectivity index (χ1) is 8.40. The first-order valence-electron chi connectivity index (χ1n) is 6.64. The molecular formula is C15H23BrN2. The molecule has 0 spiro atoms. The lowest BCUT2D eigenvalue weighted by atomic mass is 10.0. The molecule has 1 heterocycles. The number of aryl methyl sites for hydroxylation is 1. The molecule has 0 amide bonds. The van der Waals surface area contributed by atoms with Crippen molar-refractivity contribution < 1.29 is 0 Å². The summed E-state index contributed by atoms with van der Waals surface area (Å²) >= 11 is 3.58. The number of anilines is 1. The first-order valence-corrected chi connectivity index (χ1v) is 7.44. The minimum atomic E-state index is 0.158. The van der Waals surface area contributed by atoms with Crippen molar-refractivity contribution in [3.05, 3.63) is 28.2 Å². The Kier molecular flexibility index (Phi) is 4.02. The molecule has 1 aromatic rings. The van der Waals surface area contributed by atoms with Gasteiger partial charge in [0, 0.05) is 28.8 Å². The van der Waals surface area contributed by atoms with Gasteiger partial charge in [0.1, 0.15) is 0 Å². The normalized spacial score (nSPS) is 23.8. The van der Waals surface area contributed by atoms with E-state index in [9.17, 15) is 0 Å². The third-order valence-electron chi connectivity index (χ3n) is 3.73. The van der Waals surface area contributed by atoms with Gasteiger partial charge in [-0.2, -0.15) is 0 Å². The van der Waals surface area contributed by atoms with Crippen LogP contribution in [0.25, 0.3) is 0 Å². The lowest BCUT2D eigenvalue weighted by Gasteiger charge is -2.39. The molecule has 1 N–H and O–H groups in total. The molecule has 1 unspecified atom stereocenters. The van der Waals surface area contributed by atoms with Crippen molar-refractivity contribution in [1.82, 2.24) is 5.32 Å². The zero-order chi connectivity index (χ0) is 13.3. The summed E-state index contributed by atoms with van der Waals surface area (Å²) in [5, 5.41) is 3.56. The number of nitrogens with zero attached hydrogens (tertiary/aromatic N) is 1. The zero-order valence-corrected chi connectivity index (χ0v) is 13.3. The highest BCUT2D eigenvalue weighted by atomic mass is 79.9. The van der Waals surface area contributed by atoms with Crippen LogP contribution in [0, 0.1) is 12.8 Å². The fourth-order valence-electron chi connectivity index (χ4n) is 2.59. The number of rotatable bonds is 1. The van der Waals surface area contributed by atoms with E-state index in [4.69, 9.17) is 0 Å². The van der Waals surface area contributed by atoms with E-state index in [1.54, 1.807) is 0 Å². The number of hydrogen-bond donors (Lipinski definition) is 1. The molecule has 0 bridgehead atoms. The highest BCUT2D eigenvalue weighted by molar-refractivity contribution is 9.10. The molecule has 3 heteroatoms. The topological polar surface area (TPSA) is 15.3 Å². The summed E-state index contributed by atoms with van der Waals surface area (Å²) in [5.74, 6) is 0.677. The largest absolute Gasteiger partial charge is 0.365 e. The van der Waals surface area contributed by atoms with Gasteiger partial charge in [0.05, 0.1) is 0 Å². The molecule has 1 aliphatic heterocycles. The molecule has 0 aliphatic carbocycles. The van der Waals surface area contributed by atoms with Crippen molar-refractivity contribution in [3.8, 4) is 0 Å². The van der Waals surface area contributed by atoms with Gasteiger partial charge in [0.15, 0.2) is 0 Å². The summed E-state index contributed by atoms with van der Waals surface area (Å²) < 4.78 is 1.19. The van der Waals surface area contributed by atoms with Crippen LogP contribution in [0.5, 0.6) is 0 Å². The second kappa shape index (κ2) is 5.22. The molecule has 1 saturated heterocycles. The molecule has 0 saturated carbocycles. The Morgan fingerprint density at radius 1 is 1.39 bits per heavy atom.